The van der Waals surface area contributed by atoms with Crippen LogP contribution in [0.25, 0.3) is 0 Å². The minimum Gasteiger partial charge on any atom is -0.379 e. The van der Waals surface area contributed by atoms with Crippen LogP contribution in [0.15, 0.2) is 11.4 Å². The van der Waals surface area contributed by atoms with Crippen molar-refractivity contribution in [3.63, 3.8) is 0 Å². The average molecular weight is 392 g/mol. The van der Waals surface area contributed by atoms with Gasteiger partial charge in [0.05, 0.1) is 24.4 Å². The molecule has 1 aliphatic heterocycles. The van der Waals surface area contributed by atoms with Gasteiger partial charge in [0.2, 0.25) is 0 Å². The molecule has 3 rings (SSSR count). The number of hydrogen-bond acceptors (Lipinski definition) is 6. The smallest absolute Gasteiger partial charge is 0.277 e. The van der Waals surface area contributed by atoms with E-state index in [4.69, 9.17) is 4.74 Å². The Hall–Kier alpha value is -1.77. The van der Waals surface area contributed by atoms with Crippen LogP contribution in [0.5, 0.6) is 0 Å². The summed E-state index contributed by atoms with van der Waals surface area (Å²) >= 11 is 1.45. The zero-order valence-corrected chi connectivity index (χ0v) is 17.6. The Bertz CT molecular complexity index is 784. The minimum atomic E-state index is -0.216. The van der Waals surface area contributed by atoms with Crippen LogP contribution in [0.2, 0.25) is 0 Å². The second-order valence-corrected chi connectivity index (χ2v) is 9.04. The van der Waals surface area contributed by atoms with Crippen LogP contribution >= 0.6 is 11.3 Å². The molecule has 27 heavy (non-hydrogen) atoms. The van der Waals surface area contributed by atoms with E-state index < -0.39 is 0 Å². The molecule has 3 heterocycles. The molecule has 0 radical (unpaired) electrons. The second-order valence-electron chi connectivity index (χ2n) is 8.18. The summed E-state index contributed by atoms with van der Waals surface area (Å²) in [7, 11) is 0. The van der Waals surface area contributed by atoms with Crippen LogP contribution in [-0.4, -0.2) is 51.9 Å². The number of amides is 1. The van der Waals surface area contributed by atoms with Gasteiger partial charge in [-0.15, -0.1) is 11.3 Å². The molecule has 0 bridgehead atoms. The molecule has 0 atom stereocenters. The van der Waals surface area contributed by atoms with Gasteiger partial charge in [-0.1, -0.05) is 13.8 Å². The number of morpholine rings is 1. The van der Waals surface area contributed by atoms with E-state index in [0.29, 0.717) is 16.7 Å². The van der Waals surface area contributed by atoms with Crippen LogP contribution in [-0.2, 0) is 16.8 Å². The van der Waals surface area contributed by atoms with Crippen molar-refractivity contribution in [2.45, 2.75) is 52.6 Å². The Morgan fingerprint density at radius 3 is 2.63 bits per heavy atom. The third-order valence-corrected chi connectivity index (χ3v) is 5.26. The fourth-order valence-corrected chi connectivity index (χ4v) is 3.74. The SMILES string of the molecule is CC(C)c1cc(C(=O)Nc2nc(CN3CCOCC3)cs2)nn1C(C)(C)C. The van der Waals surface area contributed by atoms with E-state index in [1.54, 1.807) is 0 Å². The number of nitrogens with zero attached hydrogens (tertiary/aromatic N) is 4. The van der Waals surface area contributed by atoms with Gasteiger partial charge in [0.1, 0.15) is 0 Å². The van der Waals surface area contributed by atoms with Gasteiger partial charge in [-0.2, -0.15) is 5.10 Å². The lowest BCUT2D eigenvalue weighted by Crippen LogP contribution is -2.35. The highest BCUT2D eigenvalue weighted by Gasteiger charge is 2.24. The number of carbonyl (C=O) groups excluding carboxylic acids is 1. The van der Waals surface area contributed by atoms with E-state index in [1.165, 1.54) is 11.3 Å². The molecule has 1 saturated heterocycles. The molecular weight excluding hydrogens is 362 g/mol. The Labute approximate surface area is 164 Å². The van der Waals surface area contributed by atoms with Crippen molar-refractivity contribution in [1.82, 2.24) is 19.7 Å². The molecule has 0 unspecified atom stereocenters. The van der Waals surface area contributed by atoms with Gasteiger partial charge < -0.3 is 4.74 Å². The van der Waals surface area contributed by atoms with Gasteiger partial charge in [0.15, 0.2) is 10.8 Å². The summed E-state index contributed by atoms with van der Waals surface area (Å²) < 4.78 is 7.31. The molecule has 0 aliphatic carbocycles. The molecule has 0 saturated carbocycles. The molecule has 1 amide bonds. The van der Waals surface area contributed by atoms with E-state index in [1.807, 2.05) is 16.1 Å². The van der Waals surface area contributed by atoms with Gasteiger partial charge in [-0.3, -0.25) is 19.7 Å². The lowest BCUT2D eigenvalue weighted by atomic mass is 10.1. The minimum absolute atomic E-state index is 0.176. The third kappa shape index (κ3) is 4.94. The Morgan fingerprint density at radius 2 is 2.04 bits per heavy atom. The maximum absolute atomic E-state index is 12.7. The van der Waals surface area contributed by atoms with Crippen molar-refractivity contribution in [1.29, 1.82) is 0 Å². The lowest BCUT2D eigenvalue weighted by molar-refractivity contribution is 0.0337. The van der Waals surface area contributed by atoms with Crippen molar-refractivity contribution in [3.05, 3.63) is 28.5 Å². The molecule has 0 aromatic carbocycles. The first-order valence-corrected chi connectivity index (χ1v) is 10.3. The molecule has 2 aromatic rings. The second kappa shape index (κ2) is 8.08. The molecule has 1 aliphatic rings. The molecular formula is C19H29N5O2S. The van der Waals surface area contributed by atoms with E-state index in [2.05, 4.69) is 54.9 Å². The highest BCUT2D eigenvalue weighted by molar-refractivity contribution is 7.13. The fourth-order valence-electron chi connectivity index (χ4n) is 3.04. The summed E-state index contributed by atoms with van der Waals surface area (Å²) in [6, 6.07) is 1.88. The Morgan fingerprint density at radius 1 is 1.33 bits per heavy atom. The van der Waals surface area contributed by atoms with Crippen LogP contribution < -0.4 is 5.32 Å². The van der Waals surface area contributed by atoms with Crippen molar-refractivity contribution in [2.24, 2.45) is 0 Å². The number of anilines is 1. The van der Waals surface area contributed by atoms with Gasteiger partial charge >= 0.3 is 0 Å². The first-order chi connectivity index (χ1) is 12.7. The number of hydrogen-bond donors (Lipinski definition) is 1. The van der Waals surface area contributed by atoms with Crippen molar-refractivity contribution in [2.75, 3.05) is 31.6 Å². The average Bonchev–Trinajstić information content (AvgIpc) is 3.22. The van der Waals surface area contributed by atoms with Crippen molar-refractivity contribution in [3.8, 4) is 0 Å². The summed E-state index contributed by atoms with van der Waals surface area (Å²) in [5.41, 5.74) is 2.28. The number of nitrogens with one attached hydrogen (secondary N) is 1. The number of rotatable bonds is 5. The van der Waals surface area contributed by atoms with E-state index in [0.717, 1.165) is 44.2 Å². The maximum atomic E-state index is 12.7. The predicted octanol–water partition coefficient (Wildman–Crippen LogP) is 3.30. The summed E-state index contributed by atoms with van der Waals surface area (Å²) in [5.74, 6) is 0.0745. The highest BCUT2D eigenvalue weighted by atomic mass is 32.1. The molecule has 2 aromatic heterocycles. The first-order valence-electron chi connectivity index (χ1n) is 9.40. The number of aromatic nitrogens is 3. The largest absolute Gasteiger partial charge is 0.379 e. The predicted molar refractivity (Wildman–Crippen MR) is 107 cm³/mol. The van der Waals surface area contributed by atoms with Crippen LogP contribution in [0.1, 0.15) is 62.4 Å². The number of ether oxygens (including phenoxy) is 1. The third-order valence-electron chi connectivity index (χ3n) is 4.46. The van der Waals surface area contributed by atoms with E-state index in [9.17, 15) is 4.79 Å². The summed E-state index contributed by atoms with van der Waals surface area (Å²) in [6.45, 7) is 14.6. The Kier molecular flexibility index (Phi) is 5.98. The zero-order valence-electron chi connectivity index (χ0n) is 16.8. The molecule has 148 valence electrons. The van der Waals surface area contributed by atoms with Gasteiger partial charge in [0.25, 0.3) is 5.91 Å². The van der Waals surface area contributed by atoms with Crippen molar-refractivity contribution >= 4 is 22.4 Å². The zero-order chi connectivity index (χ0) is 19.6. The standard InChI is InChI=1S/C19H29N5O2S/c1-13(2)16-10-15(22-24(16)19(3,4)5)17(25)21-18-20-14(12-27-18)11-23-6-8-26-9-7-23/h10,12-13H,6-9,11H2,1-5H3,(H,20,21,25). The highest BCUT2D eigenvalue weighted by Crippen LogP contribution is 2.24. The summed E-state index contributed by atoms with van der Waals surface area (Å²) in [6.07, 6.45) is 0. The summed E-state index contributed by atoms with van der Waals surface area (Å²) in [4.78, 5) is 19.5. The lowest BCUT2D eigenvalue weighted by Gasteiger charge is -2.25. The monoisotopic (exact) mass is 391 g/mol. The molecule has 1 N–H and O–H groups in total. The molecule has 0 spiro atoms. The van der Waals surface area contributed by atoms with Crippen LogP contribution in [0, 0.1) is 0 Å². The van der Waals surface area contributed by atoms with E-state index >= 15 is 0 Å². The number of thiazole rings is 1. The van der Waals surface area contributed by atoms with E-state index in [-0.39, 0.29) is 11.4 Å². The maximum Gasteiger partial charge on any atom is 0.277 e. The molecule has 7 nitrogen and oxygen atoms in total. The van der Waals surface area contributed by atoms with Crippen LogP contribution in [0.3, 0.4) is 0 Å². The quantitative estimate of drug-likeness (QED) is 0.847. The van der Waals surface area contributed by atoms with Gasteiger partial charge in [-0.05, 0) is 32.8 Å². The Balaban J connectivity index is 1.68. The normalized spacial score (nSPS) is 16.1. The van der Waals surface area contributed by atoms with Gasteiger partial charge in [-0.25, -0.2) is 4.98 Å². The topological polar surface area (TPSA) is 72.3 Å². The summed E-state index contributed by atoms with van der Waals surface area (Å²) in [5, 5.41) is 10.1. The molecule has 8 heteroatoms. The number of carbonyl (C=O) groups is 1. The van der Waals surface area contributed by atoms with Gasteiger partial charge in [0, 0.05) is 30.7 Å². The van der Waals surface area contributed by atoms with Crippen molar-refractivity contribution < 1.29 is 9.53 Å². The fraction of sp³-hybridized carbons (Fsp3) is 0.632. The van der Waals surface area contributed by atoms with Crippen LogP contribution in [0.4, 0.5) is 5.13 Å². The molecule has 1 fully saturated rings. The first kappa shape index (κ1) is 20.0.